The zero-order valence-electron chi connectivity index (χ0n) is 11.9. The van der Waals surface area contributed by atoms with Crippen molar-refractivity contribution in [2.45, 2.75) is 33.3 Å². The fraction of sp³-hybridized carbons (Fsp3) is 0.571. The van der Waals surface area contributed by atoms with Crippen molar-refractivity contribution >= 4 is 11.6 Å². The van der Waals surface area contributed by atoms with E-state index in [2.05, 4.69) is 22.5 Å². The van der Waals surface area contributed by atoms with Crippen LogP contribution in [0.4, 0.5) is 5.69 Å². The number of rotatable bonds is 8. The van der Waals surface area contributed by atoms with Crippen LogP contribution in [0.3, 0.4) is 0 Å². The van der Waals surface area contributed by atoms with E-state index in [1.54, 1.807) is 12.4 Å². The molecule has 0 radical (unpaired) electrons. The van der Waals surface area contributed by atoms with Crippen molar-refractivity contribution in [3.05, 3.63) is 24.0 Å². The van der Waals surface area contributed by atoms with Gasteiger partial charge >= 0.3 is 0 Å². The predicted octanol–water partition coefficient (Wildman–Crippen LogP) is 2.06. The summed E-state index contributed by atoms with van der Waals surface area (Å²) >= 11 is 0. The van der Waals surface area contributed by atoms with Crippen molar-refractivity contribution < 1.29 is 9.53 Å². The summed E-state index contributed by atoms with van der Waals surface area (Å²) in [5.74, 6) is -0.127. The maximum Gasteiger partial charge on any atom is 0.255 e. The molecule has 5 nitrogen and oxygen atoms in total. The number of ether oxygens (including phenoxy) is 1. The van der Waals surface area contributed by atoms with Crippen LogP contribution in [0.1, 0.15) is 37.6 Å². The topological polar surface area (TPSA) is 63.2 Å². The van der Waals surface area contributed by atoms with Crippen LogP contribution in [-0.4, -0.2) is 36.7 Å². The van der Waals surface area contributed by atoms with Gasteiger partial charge in [0, 0.05) is 32.1 Å². The summed E-state index contributed by atoms with van der Waals surface area (Å²) in [6.07, 6.45) is 4.28. The van der Waals surface area contributed by atoms with E-state index in [1.807, 2.05) is 19.9 Å². The van der Waals surface area contributed by atoms with Gasteiger partial charge in [0.1, 0.15) is 0 Å². The van der Waals surface area contributed by atoms with E-state index in [9.17, 15) is 4.79 Å². The van der Waals surface area contributed by atoms with Crippen LogP contribution in [0, 0.1) is 0 Å². The molecule has 0 aliphatic carbocycles. The third kappa shape index (κ3) is 5.26. The van der Waals surface area contributed by atoms with E-state index >= 15 is 0 Å². The highest BCUT2D eigenvalue weighted by atomic mass is 16.5. The first-order valence-electron chi connectivity index (χ1n) is 6.76. The van der Waals surface area contributed by atoms with Gasteiger partial charge in [-0.1, -0.05) is 6.92 Å². The van der Waals surface area contributed by atoms with E-state index in [1.165, 1.54) is 0 Å². The molecule has 0 spiro atoms. The van der Waals surface area contributed by atoms with Gasteiger partial charge in [0.05, 0.1) is 17.4 Å². The number of aromatic nitrogens is 1. The minimum atomic E-state index is -0.127. The van der Waals surface area contributed by atoms with Gasteiger partial charge in [-0.25, -0.2) is 0 Å². The lowest BCUT2D eigenvalue weighted by atomic mass is 10.2. The molecule has 1 heterocycles. The Morgan fingerprint density at radius 1 is 1.47 bits per heavy atom. The minimum Gasteiger partial charge on any atom is -0.384 e. The van der Waals surface area contributed by atoms with Crippen molar-refractivity contribution in [2.75, 3.05) is 25.0 Å². The molecule has 0 saturated carbocycles. The Bertz CT molecular complexity index is 396. The molecule has 19 heavy (non-hydrogen) atoms. The SMILES string of the molecule is CCCNc1ccncc1C(=O)NCC(C)OCC. The molecular weight excluding hydrogens is 242 g/mol. The van der Waals surface area contributed by atoms with Crippen LogP contribution < -0.4 is 10.6 Å². The molecule has 1 aromatic heterocycles. The summed E-state index contributed by atoms with van der Waals surface area (Å²) in [4.78, 5) is 16.1. The maximum absolute atomic E-state index is 12.1. The minimum absolute atomic E-state index is 0.0117. The first-order chi connectivity index (χ1) is 9.19. The Labute approximate surface area is 114 Å². The summed E-state index contributed by atoms with van der Waals surface area (Å²) in [5.41, 5.74) is 1.39. The highest BCUT2D eigenvalue weighted by Gasteiger charge is 2.12. The lowest BCUT2D eigenvalue weighted by molar-refractivity contribution is 0.0695. The number of carbonyl (C=O) groups excluding carboxylic acids is 1. The van der Waals surface area contributed by atoms with E-state index < -0.39 is 0 Å². The average molecular weight is 265 g/mol. The zero-order valence-corrected chi connectivity index (χ0v) is 11.9. The molecule has 0 aliphatic heterocycles. The van der Waals surface area contributed by atoms with Crippen LogP contribution in [0.25, 0.3) is 0 Å². The van der Waals surface area contributed by atoms with Crippen molar-refractivity contribution in [1.29, 1.82) is 0 Å². The third-order valence-electron chi connectivity index (χ3n) is 2.63. The van der Waals surface area contributed by atoms with Crippen LogP contribution in [0.2, 0.25) is 0 Å². The molecule has 0 saturated heterocycles. The Hall–Kier alpha value is -1.62. The molecule has 5 heteroatoms. The van der Waals surface area contributed by atoms with Gasteiger partial charge in [0.2, 0.25) is 0 Å². The summed E-state index contributed by atoms with van der Waals surface area (Å²) < 4.78 is 5.38. The lowest BCUT2D eigenvalue weighted by Crippen LogP contribution is -2.32. The zero-order chi connectivity index (χ0) is 14.1. The van der Waals surface area contributed by atoms with Crippen molar-refractivity contribution in [2.24, 2.45) is 0 Å². The molecule has 0 aromatic carbocycles. The van der Waals surface area contributed by atoms with Crippen molar-refractivity contribution in [1.82, 2.24) is 10.3 Å². The number of pyridine rings is 1. The molecule has 0 fully saturated rings. The summed E-state index contributed by atoms with van der Waals surface area (Å²) in [6, 6.07) is 1.82. The van der Waals surface area contributed by atoms with Gasteiger partial charge in [0.15, 0.2) is 0 Å². The summed E-state index contributed by atoms with van der Waals surface area (Å²) in [7, 11) is 0. The molecular formula is C14H23N3O2. The van der Waals surface area contributed by atoms with E-state index in [0.717, 1.165) is 18.7 Å². The Kier molecular flexibility index (Phi) is 6.89. The normalized spacial score (nSPS) is 11.9. The molecule has 0 bridgehead atoms. The lowest BCUT2D eigenvalue weighted by Gasteiger charge is -2.14. The van der Waals surface area contributed by atoms with E-state index in [0.29, 0.717) is 18.7 Å². The number of carbonyl (C=O) groups is 1. The maximum atomic E-state index is 12.1. The number of nitrogens with zero attached hydrogens (tertiary/aromatic N) is 1. The quantitative estimate of drug-likeness (QED) is 0.755. The van der Waals surface area contributed by atoms with Crippen molar-refractivity contribution in [3.8, 4) is 0 Å². The molecule has 0 aliphatic rings. The second-order valence-electron chi connectivity index (χ2n) is 4.32. The monoisotopic (exact) mass is 265 g/mol. The molecule has 106 valence electrons. The highest BCUT2D eigenvalue weighted by molar-refractivity contribution is 5.99. The largest absolute Gasteiger partial charge is 0.384 e. The molecule has 1 unspecified atom stereocenters. The number of hydrogen-bond donors (Lipinski definition) is 2. The van der Waals surface area contributed by atoms with Crippen LogP contribution >= 0.6 is 0 Å². The number of amides is 1. The first kappa shape index (κ1) is 15.4. The van der Waals surface area contributed by atoms with Gasteiger partial charge in [-0.15, -0.1) is 0 Å². The Morgan fingerprint density at radius 3 is 2.95 bits per heavy atom. The van der Waals surface area contributed by atoms with Crippen LogP contribution in [0.5, 0.6) is 0 Å². The second-order valence-corrected chi connectivity index (χ2v) is 4.32. The highest BCUT2D eigenvalue weighted by Crippen LogP contribution is 2.13. The summed E-state index contributed by atoms with van der Waals surface area (Å²) in [6.45, 7) is 7.93. The third-order valence-corrected chi connectivity index (χ3v) is 2.63. The van der Waals surface area contributed by atoms with Gasteiger partial charge in [-0.3, -0.25) is 9.78 Å². The smallest absolute Gasteiger partial charge is 0.255 e. The van der Waals surface area contributed by atoms with Gasteiger partial charge in [-0.05, 0) is 26.3 Å². The fourth-order valence-corrected chi connectivity index (χ4v) is 1.66. The second kappa shape index (κ2) is 8.48. The molecule has 1 aromatic rings. The van der Waals surface area contributed by atoms with Crippen LogP contribution in [-0.2, 0) is 4.74 Å². The molecule has 1 amide bonds. The average Bonchev–Trinajstić information content (AvgIpc) is 2.43. The standard InChI is InChI=1S/C14H23N3O2/c1-4-7-16-13-6-8-15-10-12(13)14(18)17-9-11(3)19-5-2/h6,8,10-11H,4-5,7,9H2,1-3H3,(H,15,16)(H,17,18). The van der Waals surface area contributed by atoms with Gasteiger partial charge in [0.25, 0.3) is 5.91 Å². The van der Waals surface area contributed by atoms with Crippen LogP contribution in [0.15, 0.2) is 18.5 Å². The Balaban J connectivity index is 2.60. The van der Waals surface area contributed by atoms with Gasteiger partial charge in [-0.2, -0.15) is 0 Å². The number of anilines is 1. The van der Waals surface area contributed by atoms with E-state index in [-0.39, 0.29) is 12.0 Å². The predicted molar refractivity (Wildman–Crippen MR) is 76.4 cm³/mol. The van der Waals surface area contributed by atoms with E-state index in [4.69, 9.17) is 4.74 Å². The fourth-order valence-electron chi connectivity index (χ4n) is 1.66. The van der Waals surface area contributed by atoms with Gasteiger partial charge < -0.3 is 15.4 Å². The summed E-state index contributed by atoms with van der Waals surface area (Å²) in [5, 5.41) is 6.08. The van der Waals surface area contributed by atoms with Crippen molar-refractivity contribution in [3.63, 3.8) is 0 Å². The molecule has 1 atom stereocenters. The number of nitrogens with one attached hydrogen (secondary N) is 2. The molecule has 2 N–H and O–H groups in total. The first-order valence-corrected chi connectivity index (χ1v) is 6.76. The number of hydrogen-bond acceptors (Lipinski definition) is 4. The molecule has 1 rings (SSSR count). The Morgan fingerprint density at radius 2 is 2.26 bits per heavy atom.